The molecule has 4 heterocycles. The van der Waals surface area contributed by atoms with Crippen molar-refractivity contribution in [3.8, 4) is 0 Å². The number of rotatable bonds is 4. The zero-order chi connectivity index (χ0) is 20.4. The predicted octanol–water partition coefficient (Wildman–Crippen LogP) is 2.47. The van der Waals surface area contributed by atoms with Gasteiger partial charge >= 0.3 is 0 Å². The van der Waals surface area contributed by atoms with Crippen molar-refractivity contribution in [2.24, 2.45) is 0 Å². The van der Waals surface area contributed by atoms with Gasteiger partial charge in [0.15, 0.2) is 5.76 Å². The zero-order valence-corrected chi connectivity index (χ0v) is 17.5. The van der Waals surface area contributed by atoms with Crippen LogP contribution in [0.25, 0.3) is 0 Å². The summed E-state index contributed by atoms with van der Waals surface area (Å²) in [4.78, 5) is 20.8. The molecule has 2 aromatic heterocycles. The topological polar surface area (TPSA) is 87.0 Å². The lowest BCUT2D eigenvalue weighted by atomic mass is 10.2. The fraction of sp³-hybridized carbons (Fsp3) is 0.474. The number of sulfonamides is 1. The van der Waals surface area contributed by atoms with Crippen LogP contribution in [0.1, 0.15) is 29.8 Å². The third kappa shape index (κ3) is 4.26. The van der Waals surface area contributed by atoms with E-state index in [1.807, 2.05) is 6.07 Å². The molecule has 2 fully saturated rings. The SMILES string of the molecule is O=C(c1ccc(S(=O)(=O)N2CCCCC2)o1)N1CCN(c2ccc(Cl)cn2)CC1. The maximum atomic E-state index is 12.8. The minimum absolute atomic E-state index is 0.0543. The number of pyridine rings is 1. The molecule has 0 atom stereocenters. The fourth-order valence-electron chi connectivity index (χ4n) is 3.66. The molecule has 1 amide bonds. The van der Waals surface area contributed by atoms with Crippen LogP contribution in [0.2, 0.25) is 5.02 Å². The smallest absolute Gasteiger partial charge is 0.289 e. The second-order valence-corrected chi connectivity index (χ2v) is 9.50. The normalized spacial score (nSPS) is 18.8. The molecule has 10 heteroatoms. The van der Waals surface area contributed by atoms with Crippen LogP contribution in [0.5, 0.6) is 0 Å². The Morgan fingerprint density at radius 1 is 0.966 bits per heavy atom. The Morgan fingerprint density at radius 3 is 2.34 bits per heavy atom. The van der Waals surface area contributed by atoms with Crippen molar-refractivity contribution in [1.29, 1.82) is 0 Å². The van der Waals surface area contributed by atoms with Crippen molar-refractivity contribution in [3.05, 3.63) is 41.2 Å². The average Bonchev–Trinajstić information content (AvgIpc) is 3.26. The van der Waals surface area contributed by atoms with Crippen LogP contribution in [0.3, 0.4) is 0 Å². The Hall–Kier alpha value is -2.10. The molecule has 2 aromatic rings. The molecule has 156 valence electrons. The van der Waals surface area contributed by atoms with Crippen LogP contribution in [0, 0.1) is 0 Å². The number of halogens is 1. The predicted molar refractivity (Wildman–Crippen MR) is 109 cm³/mol. The van der Waals surface area contributed by atoms with Gasteiger partial charge in [0.2, 0.25) is 5.09 Å². The highest BCUT2D eigenvalue weighted by atomic mass is 35.5. The lowest BCUT2D eigenvalue weighted by molar-refractivity contribution is 0.0708. The molecule has 2 saturated heterocycles. The lowest BCUT2D eigenvalue weighted by Crippen LogP contribution is -2.49. The van der Waals surface area contributed by atoms with Gasteiger partial charge in [0.25, 0.3) is 15.9 Å². The molecule has 0 N–H and O–H groups in total. The molecule has 8 nitrogen and oxygen atoms in total. The summed E-state index contributed by atoms with van der Waals surface area (Å²) >= 11 is 5.88. The maximum Gasteiger partial charge on any atom is 0.289 e. The third-order valence-electron chi connectivity index (χ3n) is 5.30. The van der Waals surface area contributed by atoms with Crippen molar-refractivity contribution in [3.63, 3.8) is 0 Å². The molecule has 0 saturated carbocycles. The van der Waals surface area contributed by atoms with Gasteiger partial charge in [-0.05, 0) is 37.1 Å². The van der Waals surface area contributed by atoms with Crippen LogP contribution >= 0.6 is 11.6 Å². The minimum atomic E-state index is -3.69. The van der Waals surface area contributed by atoms with Gasteiger partial charge in [-0.25, -0.2) is 13.4 Å². The molecule has 0 bridgehead atoms. The van der Waals surface area contributed by atoms with Gasteiger partial charge < -0.3 is 14.2 Å². The molecule has 4 rings (SSSR count). The van der Waals surface area contributed by atoms with Crippen LogP contribution in [-0.4, -0.2) is 67.8 Å². The summed E-state index contributed by atoms with van der Waals surface area (Å²) in [6, 6.07) is 6.47. The van der Waals surface area contributed by atoms with Crippen molar-refractivity contribution < 1.29 is 17.6 Å². The Kier molecular flexibility index (Phi) is 5.80. The number of piperazine rings is 1. The summed E-state index contributed by atoms with van der Waals surface area (Å²) in [6.07, 6.45) is 4.32. The number of amides is 1. The van der Waals surface area contributed by atoms with E-state index in [4.69, 9.17) is 16.0 Å². The van der Waals surface area contributed by atoms with Gasteiger partial charge in [0, 0.05) is 45.5 Å². The molecule has 2 aliphatic rings. The number of carbonyl (C=O) groups excluding carboxylic acids is 1. The third-order valence-corrected chi connectivity index (χ3v) is 7.30. The van der Waals surface area contributed by atoms with Gasteiger partial charge in [0.1, 0.15) is 5.82 Å². The van der Waals surface area contributed by atoms with Gasteiger partial charge in [-0.15, -0.1) is 0 Å². The molecule has 0 radical (unpaired) electrons. The number of anilines is 1. The molecule has 2 aliphatic heterocycles. The highest BCUT2D eigenvalue weighted by Gasteiger charge is 2.31. The van der Waals surface area contributed by atoms with E-state index < -0.39 is 10.0 Å². The molecular formula is C19H23ClN4O4S. The molecule has 0 aliphatic carbocycles. The van der Waals surface area contributed by atoms with E-state index >= 15 is 0 Å². The quantitative estimate of drug-likeness (QED) is 0.728. The van der Waals surface area contributed by atoms with E-state index in [1.54, 1.807) is 17.2 Å². The standard InChI is InChI=1S/C19H23ClN4O4S/c20-15-4-6-17(21-14-15)22-10-12-23(13-11-22)19(25)16-5-7-18(28-16)29(26,27)24-8-2-1-3-9-24/h4-7,14H,1-3,8-13H2. The zero-order valence-electron chi connectivity index (χ0n) is 16.0. The van der Waals surface area contributed by atoms with Crippen LogP contribution in [0.4, 0.5) is 5.82 Å². The van der Waals surface area contributed by atoms with Crippen molar-refractivity contribution >= 4 is 33.3 Å². The van der Waals surface area contributed by atoms with E-state index in [9.17, 15) is 13.2 Å². The number of carbonyl (C=O) groups is 1. The largest absolute Gasteiger partial charge is 0.438 e. The number of aromatic nitrogens is 1. The lowest BCUT2D eigenvalue weighted by Gasteiger charge is -2.35. The van der Waals surface area contributed by atoms with Crippen molar-refractivity contribution in [2.75, 3.05) is 44.2 Å². The van der Waals surface area contributed by atoms with Gasteiger partial charge in [-0.2, -0.15) is 4.31 Å². The van der Waals surface area contributed by atoms with E-state index in [2.05, 4.69) is 9.88 Å². The fourth-order valence-corrected chi connectivity index (χ4v) is 5.20. The van der Waals surface area contributed by atoms with Crippen LogP contribution < -0.4 is 4.90 Å². The molecule has 0 unspecified atom stereocenters. The van der Waals surface area contributed by atoms with E-state index in [0.29, 0.717) is 44.3 Å². The molecular weight excluding hydrogens is 416 g/mol. The summed E-state index contributed by atoms with van der Waals surface area (Å²) < 4.78 is 32.3. The minimum Gasteiger partial charge on any atom is -0.438 e. The van der Waals surface area contributed by atoms with Crippen molar-refractivity contribution in [1.82, 2.24) is 14.2 Å². The average molecular weight is 439 g/mol. The molecule has 0 aromatic carbocycles. The van der Waals surface area contributed by atoms with E-state index in [0.717, 1.165) is 25.1 Å². The van der Waals surface area contributed by atoms with E-state index in [-0.39, 0.29) is 16.8 Å². The van der Waals surface area contributed by atoms with Crippen LogP contribution in [-0.2, 0) is 10.0 Å². The van der Waals surface area contributed by atoms with Gasteiger partial charge in [-0.3, -0.25) is 4.79 Å². The Balaban J connectivity index is 1.40. The first-order valence-corrected chi connectivity index (χ1v) is 11.5. The number of hydrogen-bond donors (Lipinski definition) is 0. The highest BCUT2D eigenvalue weighted by Crippen LogP contribution is 2.24. The number of nitrogens with zero attached hydrogens (tertiary/aromatic N) is 4. The first-order valence-electron chi connectivity index (χ1n) is 9.71. The maximum absolute atomic E-state index is 12.8. The number of hydrogen-bond acceptors (Lipinski definition) is 6. The summed E-state index contributed by atoms with van der Waals surface area (Å²) in [6.45, 7) is 3.23. The molecule has 0 spiro atoms. The summed E-state index contributed by atoms with van der Waals surface area (Å²) in [5, 5.41) is 0.419. The Morgan fingerprint density at radius 2 is 1.69 bits per heavy atom. The first kappa shape index (κ1) is 20.2. The Bertz CT molecular complexity index is 962. The van der Waals surface area contributed by atoms with Crippen LogP contribution in [0.15, 0.2) is 40.0 Å². The van der Waals surface area contributed by atoms with Gasteiger partial charge in [-0.1, -0.05) is 18.0 Å². The second kappa shape index (κ2) is 8.33. The van der Waals surface area contributed by atoms with Crippen molar-refractivity contribution in [2.45, 2.75) is 24.4 Å². The summed E-state index contributed by atoms with van der Waals surface area (Å²) in [7, 11) is -3.69. The van der Waals surface area contributed by atoms with E-state index in [1.165, 1.54) is 16.4 Å². The molecule has 29 heavy (non-hydrogen) atoms. The Labute approximate surface area is 175 Å². The first-order chi connectivity index (χ1) is 13.9. The number of piperidine rings is 1. The monoisotopic (exact) mass is 438 g/mol. The highest BCUT2D eigenvalue weighted by molar-refractivity contribution is 7.89. The second-order valence-electron chi connectivity index (χ2n) is 7.20. The van der Waals surface area contributed by atoms with Gasteiger partial charge in [0.05, 0.1) is 5.02 Å². The summed E-state index contributed by atoms with van der Waals surface area (Å²) in [5.74, 6) is 0.571. The summed E-state index contributed by atoms with van der Waals surface area (Å²) in [5.41, 5.74) is 0. The number of furan rings is 1.